The number of benzene rings is 2. The predicted octanol–water partition coefficient (Wildman–Crippen LogP) is 5.15. The number of rotatable bonds is 9. The largest absolute Gasteiger partial charge is 0.497 e. The maximum absolute atomic E-state index is 12.0. The Bertz CT molecular complexity index is 1020. The van der Waals surface area contributed by atoms with Crippen LogP contribution in [0.15, 0.2) is 53.9 Å². The molecule has 0 amide bonds. The van der Waals surface area contributed by atoms with Crippen molar-refractivity contribution in [3.63, 3.8) is 0 Å². The van der Waals surface area contributed by atoms with Gasteiger partial charge in [0, 0.05) is 28.1 Å². The molecule has 3 rings (SSSR count). The zero-order valence-corrected chi connectivity index (χ0v) is 18.0. The number of esters is 1. The van der Waals surface area contributed by atoms with Crippen LogP contribution in [-0.4, -0.2) is 25.2 Å². The molecule has 0 atom stereocenters. The number of hydrogen-bond donors (Lipinski definition) is 0. The summed E-state index contributed by atoms with van der Waals surface area (Å²) in [7, 11) is 3.14. The van der Waals surface area contributed by atoms with E-state index in [-0.39, 0.29) is 6.61 Å². The van der Waals surface area contributed by atoms with Gasteiger partial charge in [0.1, 0.15) is 35.5 Å². The number of aromatic nitrogens is 1. The van der Waals surface area contributed by atoms with Crippen molar-refractivity contribution in [3.8, 4) is 17.2 Å². The average molecular weight is 446 g/mol. The van der Waals surface area contributed by atoms with E-state index in [1.54, 1.807) is 62.8 Å². The summed E-state index contributed by atoms with van der Waals surface area (Å²) < 4.78 is 21.4. The van der Waals surface area contributed by atoms with E-state index < -0.39 is 5.97 Å². The summed E-state index contributed by atoms with van der Waals surface area (Å²) in [5.41, 5.74) is 1.41. The van der Waals surface area contributed by atoms with E-state index in [1.807, 2.05) is 5.38 Å². The monoisotopic (exact) mass is 445 g/mol. The van der Waals surface area contributed by atoms with Crippen LogP contribution in [0.3, 0.4) is 0 Å². The third-order valence-corrected chi connectivity index (χ3v) is 5.10. The molecule has 2 aromatic carbocycles. The predicted molar refractivity (Wildman–Crippen MR) is 116 cm³/mol. The first-order chi connectivity index (χ1) is 14.6. The van der Waals surface area contributed by atoms with Crippen LogP contribution in [0.2, 0.25) is 5.02 Å². The lowest BCUT2D eigenvalue weighted by Crippen LogP contribution is -2.02. The minimum absolute atomic E-state index is 0.0837. The van der Waals surface area contributed by atoms with Gasteiger partial charge in [-0.3, -0.25) is 0 Å². The van der Waals surface area contributed by atoms with Crippen molar-refractivity contribution < 1.29 is 23.7 Å². The second kappa shape index (κ2) is 10.7. The number of nitrogens with zero attached hydrogens (tertiary/aromatic N) is 1. The summed E-state index contributed by atoms with van der Waals surface area (Å²) in [6.07, 6.45) is 2.98. The Balaban J connectivity index is 1.49. The minimum Gasteiger partial charge on any atom is -0.497 e. The summed E-state index contributed by atoms with van der Waals surface area (Å²) in [6, 6.07) is 12.4. The van der Waals surface area contributed by atoms with Crippen LogP contribution in [0.1, 0.15) is 16.3 Å². The lowest BCUT2D eigenvalue weighted by Gasteiger charge is -2.07. The van der Waals surface area contributed by atoms with E-state index in [9.17, 15) is 4.79 Å². The van der Waals surface area contributed by atoms with E-state index in [4.69, 9.17) is 30.5 Å². The molecule has 0 fully saturated rings. The van der Waals surface area contributed by atoms with E-state index in [2.05, 4.69) is 4.98 Å². The van der Waals surface area contributed by atoms with Crippen LogP contribution in [0.25, 0.3) is 6.08 Å². The first-order valence-electron chi connectivity index (χ1n) is 8.96. The van der Waals surface area contributed by atoms with Gasteiger partial charge in [-0.1, -0.05) is 11.6 Å². The van der Waals surface area contributed by atoms with E-state index >= 15 is 0 Å². The Morgan fingerprint density at radius 2 is 1.83 bits per heavy atom. The third-order valence-electron chi connectivity index (χ3n) is 3.98. The summed E-state index contributed by atoms with van der Waals surface area (Å²) in [6.45, 7) is 0.414. The maximum Gasteiger partial charge on any atom is 0.331 e. The van der Waals surface area contributed by atoms with Crippen LogP contribution < -0.4 is 14.2 Å². The number of carbonyl (C=O) groups excluding carboxylic acids is 1. The Labute approximate surface area is 183 Å². The zero-order chi connectivity index (χ0) is 21.3. The molecule has 6 nitrogen and oxygen atoms in total. The Kier molecular flexibility index (Phi) is 7.70. The average Bonchev–Trinajstić information content (AvgIpc) is 3.23. The minimum atomic E-state index is -0.472. The van der Waals surface area contributed by atoms with Gasteiger partial charge in [0.05, 0.1) is 19.9 Å². The third kappa shape index (κ3) is 6.23. The fourth-order valence-electron chi connectivity index (χ4n) is 2.46. The number of halogens is 1. The number of hydrogen-bond acceptors (Lipinski definition) is 7. The molecule has 0 saturated carbocycles. The highest BCUT2D eigenvalue weighted by Crippen LogP contribution is 2.25. The number of carbonyl (C=O) groups is 1. The zero-order valence-electron chi connectivity index (χ0n) is 16.5. The molecule has 0 aliphatic carbocycles. The van der Waals surface area contributed by atoms with E-state index in [0.717, 1.165) is 10.6 Å². The molecule has 0 radical (unpaired) electrons. The maximum atomic E-state index is 12.0. The number of methoxy groups -OCH3 is 2. The van der Waals surface area contributed by atoms with Gasteiger partial charge >= 0.3 is 5.97 Å². The van der Waals surface area contributed by atoms with Crippen molar-refractivity contribution in [2.24, 2.45) is 0 Å². The SMILES string of the molecule is COc1ccc(/C=C/C(=O)OCc2csc(COc3ccc(Cl)cc3)n2)c(OC)c1. The van der Waals surface area contributed by atoms with Gasteiger partial charge in [0.15, 0.2) is 0 Å². The molecule has 1 heterocycles. The molecule has 3 aromatic rings. The van der Waals surface area contributed by atoms with Crippen LogP contribution in [0, 0.1) is 0 Å². The first-order valence-corrected chi connectivity index (χ1v) is 10.2. The molecule has 0 N–H and O–H groups in total. The Hall–Kier alpha value is -3.03. The highest BCUT2D eigenvalue weighted by Gasteiger charge is 2.07. The van der Waals surface area contributed by atoms with Crippen molar-refractivity contribution in [2.75, 3.05) is 14.2 Å². The lowest BCUT2D eigenvalue weighted by molar-refractivity contribution is -0.139. The lowest BCUT2D eigenvalue weighted by atomic mass is 10.2. The molecular formula is C22H20ClNO5S. The number of thiazole rings is 1. The molecule has 0 saturated heterocycles. The van der Waals surface area contributed by atoms with Crippen molar-refractivity contribution >= 4 is 35.0 Å². The standard InChI is InChI=1S/C22H20ClNO5S/c1-26-19-7-3-15(20(11-19)27-2)4-10-22(25)29-12-17-14-30-21(24-17)13-28-18-8-5-16(23)6-9-18/h3-11,14H,12-13H2,1-2H3/b10-4+. The Morgan fingerprint density at radius 1 is 1.07 bits per heavy atom. The van der Waals surface area contributed by atoms with Gasteiger partial charge in [-0.25, -0.2) is 9.78 Å². The molecule has 0 bridgehead atoms. The highest BCUT2D eigenvalue weighted by molar-refractivity contribution is 7.09. The summed E-state index contributed by atoms with van der Waals surface area (Å²) in [5, 5.41) is 3.28. The van der Waals surface area contributed by atoms with Gasteiger partial charge < -0.3 is 18.9 Å². The molecule has 1 aromatic heterocycles. The van der Waals surface area contributed by atoms with Gasteiger partial charge in [0.25, 0.3) is 0 Å². The molecule has 156 valence electrons. The van der Waals surface area contributed by atoms with Crippen molar-refractivity contribution in [3.05, 3.63) is 75.2 Å². The molecule has 0 aliphatic rings. The van der Waals surface area contributed by atoms with Crippen LogP contribution >= 0.6 is 22.9 Å². The second-order valence-electron chi connectivity index (χ2n) is 6.02. The highest BCUT2D eigenvalue weighted by atomic mass is 35.5. The van der Waals surface area contributed by atoms with Crippen molar-refractivity contribution in [2.45, 2.75) is 13.2 Å². The molecule has 30 heavy (non-hydrogen) atoms. The molecule has 0 aliphatic heterocycles. The molecular weight excluding hydrogens is 426 g/mol. The fourth-order valence-corrected chi connectivity index (χ4v) is 3.28. The summed E-state index contributed by atoms with van der Waals surface area (Å²) in [5.74, 6) is 1.51. The molecule has 8 heteroatoms. The number of ether oxygens (including phenoxy) is 4. The van der Waals surface area contributed by atoms with Crippen LogP contribution in [-0.2, 0) is 22.7 Å². The van der Waals surface area contributed by atoms with Crippen molar-refractivity contribution in [1.29, 1.82) is 0 Å². The van der Waals surface area contributed by atoms with Gasteiger partial charge in [0.2, 0.25) is 0 Å². The van der Waals surface area contributed by atoms with Crippen molar-refractivity contribution in [1.82, 2.24) is 4.98 Å². The van der Waals surface area contributed by atoms with Gasteiger partial charge in [-0.15, -0.1) is 11.3 Å². The van der Waals surface area contributed by atoms with Crippen LogP contribution in [0.4, 0.5) is 0 Å². The molecule has 0 spiro atoms. The normalized spacial score (nSPS) is 10.8. The quantitative estimate of drug-likeness (QED) is 0.335. The van der Waals surface area contributed by atoms with Crippen LogP contribution in [0.5, 0.6) is 17.2 Å². The van der Waals surface area contributed by atoms with E-state index in [1.165, 1.54) is 17.4 Å². The molecule has 0 unspecified atom stereocenters. The summed E-state index contributed by atoms with van der Waals surface area (Å²) in [4.78, 5) is 16.4. The Morgan fingerprint density at radius 3 is 2.57 bits per heavy atom. The topological polar surface area (TPSA) is 66.9 Å². The second-order valence-corrected chi connectivity index (χ2v) is 7.40. The van der Waals surface area contributed by atoms with E-state index in [0.29, 0.717) is 34.6 Å². The van der Waals surface area contributed by atoms with Gasteiger partial charge in [-0.2, -0.15) is 0 Å². The van der Waals surface area contributed by atoms with Gasteiger partial charge in [-0.05, 0) is 42.5 Å². The summed E-state index contributed by atoms with van der Waals surface area (Å²) >= 11 is 7.30. The first kappa shape index (κ1) is 21.7. The fraction of sp³-hybridized carbons (Fsp3) is 0.182. The smallest absolute Gasteiger partial charge is 0.331 e.